The van der Waals surface area contributed by atoms with Crippen molar-refractivity contribution in [3.63, 3.8) is 0 Å². The quantitative estimate of drug-likeness (QED) is 0.722. The van der Waals surface area contributed by atoms with Gasteiger partial charge < -0.3 is 11.1 Å². The molecule has 1 fully saturated rings. The van der Waals surface area contributed by atoms with Gasteiger partial charge in [0.2, 0.25) is 0 Å². The smallest absolute Gasteiger partial charge is 0.261 e. The number of hydrogen-bond donors (Lipinski definition) is 2. The minimum atomic E-state index is 0.0131. The van der Waals surface area contributed by atoms with E-state index in [1.54, 1.807) is 12.1 Å². The summed E-state index contributed by atoms with van der Waals surface area (Å²) in [7, 11) is 0. The molecule has 64 valence electrons. The van der Waals surface area contributed by atoms with Gasteiger partial charge in [0.1, 0.15) is 0 Å². The number of hydrogen-bond acceptors (Lipinski definition) is 3. The molecule has 0 spiro atoms. The third-order valence-corrected chi connectivity index (χ3v) is 2.68. The van der Waals surface area contributed by atoms with E-state index in [0.29, 0.717) is 15.9 Å². The number of rotatable bonds is 2. The highest BCUT2D eigenvalue weighted by molar-refractivity contribution is 7.17. The number of anilines is 1. The number of nitrogens with two attached hydrogens (primary N) is 1. The Kier molecular flexibility index (Phi) is 1.77. The Morgan fingerprint density at radius 3 is 2.83 bits per heavy atom. The van der Waals surface area contributed by atoms with Gasteiger partial charge in [-0.25, -0.2) is 0 Å². The molecule has 0 aliphatic heterocycles. The van der Waals surface area contributed by atoms with Crippen LogP contribution in [-0.4, -0.2) is 11.9 Å². The maximum atomic E-state index is 11.4. The lowest BCUT2D eigenvalue weighted by molar-refractivity contribution is 0.0955. The summed E-state index contributed by atoms with van der Waals surface area (Å²) >= 11 is 1.33. The van der Waals surface area contributed by atoms with Crippen LogP contribution in [0.15, 0.2) is 12.1 Å². The van der Waals surface area contributed by atoms with E-state index in [0.717, 1.165) is 12.8 Å². The largest absolute Gasteiger partial charge is 0.391 e. The second kappa shape index (κ2) is 2.79. The highest BCUT2D eigenvalue weighted by Crippen LogP contribution is 2.22. The van der Waals surface area contributed by atoms with E-state index in [2.05, 4.69) is 5.32 Å². The van der Waals surface area contributed by atoms with Gasteiger partial charge in [-0.05, 0) is 25.0 Å². The molecule has 1 aliphatic carbocycles. The molecule has 0 unspecified atom stereocenters. The van der Waals surface area contributed by atoms with E-state index in [4.69, 9.17) is 5.73 Å². The number of carbonyl (C=O) groups excluding carboxylic acids is 1. The maximum absolute atomic E-state index is 11.4. The third kappa shape index (κ3) is 1.58. The molecule has 3 N–H and O–H groups in total. The highest BCUT2D eigenvalue weighted by Gasteiger charge is 2.24. The fraction of sp³-hybridized carbons (Fsp3) is 0.375. The van der Waals surface area contributed by atoms with Crippen molar-refractivity contribution in [2.45, 2.75) is 18.9 Å². The van der Waals surface area contributed by atoms with Gasteiger partial charge in [0, 0.05) is 6.04 Å². The average Bonchev–Trinajstić information content (AvgIpc) is 2.72. The first-order valence-electron chi connectivity index (χ1n) is 3.92. The van der Waals surface area contributed by atoms with E-state index < -0.39 is 0 Å². The van der Waals surface area contributed by atoms with Crippen LogP contribution in [-0.2, 0) is 0 Å². The second-order valence-corrected chi connectivity index (χ2v) is 4.07. The number of nitrogen functional groups attached to an aromatic ring is 1. The highest BCUT2D eigenvalue weighted by atomic mass is 32.1. The van der Waals surface area contributed by atoms with Crippen LogP contribution in [0.1, 0.15) is 22.5 Å². The molecule has 1 aliphatic rings. The van der Waals surface area contributed by atoms with Crippen molar-refractivity contribution in [2.24, 2.45) is 0 Å². The molecule has 1 aromatic heterocycles. The average molecular weight is 182 g/mol. The predicted molar refractivity (Wildman–Crippen MR) is 49.2 cm³/mol. The van der Waals surface area contributed by atoms with Crippen molar-refractivity contribution in [1.82, 2.24) is 5.32 Å². The summed E-state index contributed by atoms with van der Waals surface area (Å²) in [6.07, 6.45) is 2.24. The van der Waals surface area contributed by atoms with Gasteiger partial charge in [-0.15, -0.1) is 11.3 Å². The van der Waals surface area contributed by atoms with Crippen molar-refractivity contribution >= 4 is 22.2 Å². The van der Waals surface area contributed by atoms with Crippen LogP contribution in [0.3, 0.4) is 0 Å². The molecule has 1 amide bonds. The molecule has 0 saturated heterocycles. The maximum Gasteiger partial charge on any atom is 0.261 e. The molecular formula is C8H10N2OS. The molecule has 0 atom stereocenters. The molecule has 3 nitrogen and oxygen atoms in total. The Labute approximate surface area is 74.6 Å². The monoisotopic (exact) mass is 182 g/mol. The molecule has 0 radical (unpaired) electrons. The normalized spacial score (nSPS) is 16.0. The van der Waals surface area contributed by atoms with Gasteiger partial charge in [-0.2, -0.15) is 0 Å². The van der Waals surface area contributed by atoms with Crippen LogP contribution in [0, 0.1) is 0 Å². The molecule has 0 bridgehead atoms. The van der Waals surface area contributed by atoms with Crippen molar-refractivity contribution in [2.75, 3.05) is 5.73 Å². The fourth-order valence-electron chi connectivity index (χ4n) is 0.959. The zero-order valence-electron chi connectivity index (χ0n) is 6.54. The van der Waals surface area contributed by atoms with Crippen molar-refractivity contribution in [3.05, 3.63) is 17.0 Å². The van der Waals surface area contributed by atoms with Crippen molar-refractivity contribution in [3.8, 4) is 0 Å². The number of thiophene rings is 1. The summed E-state index contributed by atoms with van der Waals surface area (Å²) < 4.78 is 0. The van der Waals surface area contributed by atoms with E-state index in [1.165, 1.54) is 11.3 Å². The lowest BCUT2D eigenvalue weighted by Gasteiger charge is -1.98. The van der Waals surface area contributed by atoms with Gasteiger partial charge in [0.15, 0.2) is 0 Å². The van der Waals surface area contributed by atoms with E-state index in [-0.39, 0.29) is 5.91 Å². The first kappa shape index (κ1) is 7.61. The van der Waals surface area contributed by atoms with E-state index in [1.807, 2.05) is 0 Å². The Hall–Kier alpha value is -1.03. The standard InChI is InChI=1S/C8H10N2OS/c9-7-4-3-6(12-7)8(11)10-5-1-2-5/h3-5H,1-2,9H2,(H,10,11). The van der Waals surface area contributed by atoms with Crippen LogP contribution in [0.25, 0.3) is 0 Å². The van der Waals surface area contributed by atoms with Crippen LogP contribution < -0.4 is 11.1 Å². The van der Waals surface area contributed by atoms with Gasteiger partial charge in [0.05, 0.1) is 9.88 Å². The SMILES string of the molecule is Nc1ccc(C(=O)NC2CC2)s1. The predicted octanol–water partition coefficient (Wildman–Crippen LogP) is 1.22. The molecule has 1 aromatic rings. The Bertz CT molecular complexity index is 304. The summed E-state index contributed by atoms with van der Waals surface area (Å²) in [5.74, 6) is 0.0131. The van der Waals surface area contributed by atoms with Crippen LogP contribution in [0.4, 0.5) is 5.00 Å². The summed E-state index contributed by atoms with van der Waals surface area (Å²) in [5.41, 5.74) is 5.50. The summed E-state index contributed by atoms with van der Waals surface area (Å²) in [6.45, 7) is 0. The van der Waals surface area contributed by atoms with Crippen LogP contribution in [0.5, 0.6) is 0 Å². The Morgan fingerprint density at radius 2 is 2.33 bits per heavy atom. The van der Waals surface area contributed by atoms with Crippen LogP contribution >= 0.6 is 11.3 Å². The number of carbonyl (C=O) groups is 1. The van der Waals surface area contributed by atoms with Gasteiger partial charge in [-0.3, -0.25) is 4.79 Å². The van der Waals surface area contributed by atoms with Crippen LogP contribution in [0.2, 0.25) is 0 Å². The van der Waals surface area contributed by atoms with Crippen molar-refractivity contribution in [1.29, 1.82) is 0 Å². The van der Waals surface area contributed by atoms with Gasteiger partial charge in [0.25, 0.3) is 5.91 Å². The van der Waals surface area contributed by atoms with E-state index in [9.17, 15) is 4.79 Å². The second-order valence-electron chi connectivity index (χ2n) is 2.95. The zero-order chi connectivity index (χ0) is 8.55. The summed E-state index contributed by atoms with van der Waals surface area (Å²) in [4.78, 5) is 12.1. The molecule has 0 aromatic carbocycles. The lowest BCUT2D eigenvalue weighted by atomic mass is 10.4. The summed E-state index contributed by atoms with van der Waals surface area (Å²) in [6, 6.07) is 3.94. The minimum absolute atomic E-state index is 0.0131. The minimum Gasteiger partial charge on any atom is -0.391 e. The topological polar surface area (TPSA) is 55.1 Å². The van der Waals surface area contributed by atoms with Crippen molar-refractivity contribution < 1.29 is 4.79 Å². The number of amides is 1. The lowest BCUT2D eigenvalue weighted by Crippen LogP contribution is -2.24. The molecule has 2 rings (SSSR count). The molecule has 4 heteroatoms. The van der Waals surface area contributed by atoms with E-state index >= 15 is 0 Å². The zero-order valence-corrected chi connectivity index (χ0v) is 7.36. The first-order valence-corrected chi connectivity index (χ1v) is 4.73. The molecular weight excluding hydrogens is 172 g/mol. The van der Waals surface area contributed by atoms with Gasteiger partial charge >= 0.3 is 0 Å². The molecule has 1 saturated carbocycles. The molecule has 1 heterocycles. The Balaban J connectivity index is 2.03. The number of nitrogens with one attached hydrogen (secondary N) is 1. The molecule has 12 heavy (non-hydrogen) atoms. The fourth-order valence-corrected chi connectivity index (χ4v) is 1.64. The first-order chi connectivity index (χ1) is 5.75. The Morgan fingerprint density at radius 1 is 1.58 bits per heavy atom. The third-order valence-electron chi connectivity index (χ3n) is 1.76. The summed E-state index contributed by atoms with van der Waals surface area (Å²) in [5, 5.41) is 3.59. The van der Waals surface area contributed by atoms with Gasteiger partial charge in [-0.1, -0.05) is 0 Å².